The molecule has 3 aliphatic heterocycles. The average molecular weight is 465 g/mol. The van der Waals surface area contributed by atoms with Crippen LogP contribution in [0.15, 0.2) is 29.4 Å². The molecule has 0 radical (unpaired) electrons. The molecule has 1 aromatic heterocycles. The number of halogens is 3. The van der Waals surface area contributed by atoms with Gasteiger partial charge in [0.05, 0.1) is 18.1 Å². The number of sulfonamides is 1. The number of fused-ring (bicyclic) bond motifs is 2. The maximum absolute atomic E-state index is 12.8. The summed E-state index contributed by atoms with van der Waals surface area (Å²) in [5.74, 6) is -2.85. The van der Waals surface area contributed by atoms with E-state index in [2.05, 4.69) is 4.98 Å². The summed E-state index contributed by atoms with van der Waals surface area (Å²) in [6.07, 6.45) is -0.00930. The number of likely N-dealkylation sites (tertiary alicyclic amines) is 1. The van der Waals surface area contributed by atoms with Gasteiger partial charge in [-0.1, -0.05) is 0 Å². The minimum absolute atomic E-state index is 0.126. The molecule has 4 rings (SSSR count). The molecule has 1 N–H and O–H groups in total. The van der Waals surface area contributed by atoms with Gasteiger partial charge < -0.3 is 14.7 Å². The number of carboxylic acids is 1. The molecule has 2 bridgehead atoms. The van der Waals surface area contributed by atoms with E-state index in [1.807, 2.05) is 4.90 Å². The van der Waals surface area contributed by atoms with Crippen molar-refractivity contribution in [2.75, 3.05) is 26.2 Å². The molecule has 0 aliphatic carbocycles. The van der Waals surface area contributed by atoms with Crippen molar-refractivity contribution in [1.29, 1.82) is 0 Å². The number of amides is 1. The summed E-state index contributed by atoms with van der Waals surface area (Å²) < 4.78 is 64.6. The first-order valence-electron chi connectivity index (χ1n) is 9.64. The van der Waals surface area contributed by atoms with E-state index in [1.165, 1.54) is 10.5 Å². The van der Waals surface area contributed by atoms with E-state index in [-0.39, 0.29) is 35.5 Å². The average Bonchev–Trinajstić information content (AvgIpc) is 3.35. The zero-order chi connectivity index (χ0) is 22.8. The number of hydrogen-bond acceptors (Lipinski definition) is 6. The number of rotatable bonds is 3. The molecule has 0 spiro atoms. The highest BCUT2D eigenvalue weighted by Gasteiger charge is 2.48. The SMILES string of the molecule is O=C(O)C(F)(F)F.O=C([C@H]1C[C@@H]2CN(S(=O)(=O)c3cccnc3)C[C@H]1O2)N1CCCC1. The fourth-order valence-electron chi connectivity index (χ4n) is 3.90. The fraction of sp³-hybridized carbons (Fsp3) is 0.611. The van der Waals surface area contributed by atoms with Crippen molar-refractivity contribution in [3.05, 3.63) is 24.5 Å². The van der Waals surface area contributed by atoms with Crippen molar-refractivity contribution in [1.82, 2.24) is 14.2 Å². The molecule has 3 fully saturated rings. The van der Waals surface area contributed by atoms with Crippen LogP contribution in [0.1, 0.15) is 19.3 Å². The Morgan fingerprint density at radius 2 is 1.84 bits per heavy atom. The number of aliphatic carboxylic acids is 1. The van der Waals surface area contributed by atoms with E-state index < -0.39 is 22.2 Å². The molecule has 172 valence electrons. The molecular weight excluding hydrogens is 443 g/mol. The van der Waals surface area contributed by atoms with Crippen molar-refractivity contribution in [3.63, 3.8) is 0 Å². The van der Waals surface area contributed by atoms with Crippen molar-refractivity contribution in [2.24, 2.45) is 5.92 Å². The zero-order valence-electron chi connectivity index (χ0n) is 16.4. The van der Waals surface area contributed by atoms with Crippen LogP contribution in [0.3, 0.4) is 0 Å². The molecule has 31 heavy (non-hydrogen) atoms. The van der Waals surface area contributed by atoms with Crippen LogP contribution in [0.25, 0.3) is 0 Å². The van der Waals surface area contributed by atoms with Gasteiger partial charge in [-0.15, -0.1) is 0 Å². The Hall–Kier alpha value is -2.25. The molecule has 3 saturated heterocycles. The van der Waals surface area contributed by atoms with Gasteiger partial charge >= 0.3 is 12.1 Å². The predicted molar refractivity (Wildman–Crippen MR) is 99.3 cm³/mol. The van der Waals surface area contributed by atoms with Crippen molar-refractivity contribution in [3.8, 4) is 0 Å². The molecule has 3 aliphatic rings. The Kier molecular flexibility index (Phi) is 6.86. The molecule has 0 aromatic carbocycles. The van der Waals surface area contributed by atoms with Crippen molar-refractivity contribution in [2.45, 2.75) is 42.5 Å². The van der Waals surface area contributed by atoms with Gasteiger partial charge in [0, 0.05) is 38.6 Å². The van der Waals surface area contributed by atoms with Crippen molar-refractivity contribution < 1.29 is 41.0 Å². The molecule has 0 unspecified atom stereocenters. The van der Waals surface area contributed by atoms with Crippen LogP contribution < -0.4 is 0 Å². The molecule has 1 amide bonds. The van der Waals surface area contributed by atoms with Gasteiger partial charge in [-0.2, -0.15) is 17.5 Å². The molecule has 13 heteroatoms. The molecule has 4 heterocycles. The van der Waals surface area contributed by atoms with E-state index in [9.17, 15) is 26.4 Å². The van der Waals surface area contributed by atoms with Crippen LogP contribution in [0.5, 0.6) is 0 Å². The van der Waals surface area contributed by atoms with Gasteiger partial charge in [0.1, 0.15) is 4.90 Å². The van der Waals surface area contributed by atoms with E-state index >= 15 is 0 Å². The lowest BCUT2D eigenvalue weighted by molar-refractivity contribution is -0.192. The van der Waals surface area contributed by atoms with E-state index in [1.54, 1.807) is 18.3 Å². The second-order valence-corrected chi connectivity index (χ2v) is 9.42. The van der Waals surface area contributed by atoms with Gasteiger partial charge in [0.25, 0.3) is 0 Å². The minimum atomic E-state index is -5.08. The number of carbonyl (C=O) groups excluding carboxylic acids is 1. The maximum Gasteiger partial charge on any atom is 0.490 e. The second kappa shape index (κ2) is 9.09. The lowest BCUT2D eigenvalue weighted by atomic mass is 9.99. The third-order valence-electron chi connectivity index (χ3n) is 5.37. The first-order chi connectivity index (χ1) is 14.5. The first kappa shape index (κ1) is 23.4. The van der Waals surface area contributed by atoms with Crippen LogP contribution >= 0.6 is 0 Å². The molecule has 0 saturated carbocycles. The summed E-state index contributed by atoms with van der Waals surface area (Å²) in [6, 6.07) is 3.16. The quantitative estimate of drug-likeness (QED) is 0.711. The summed E-state index contributed by atoms with van der Waals surface area (Å²) in [5, 5.41) is 7.12. The zero-order valence-corrected chi connectivity index (χ0v) is 17.2. The monoisotopic (exact) mass is 465 g/mol. The number of pyridine rings is 1. The highest BCUT2D eigenvalue weighted by Crippen LogP contribution is 2.35. The normalized spacial score (nSPS) is 26.3. The number of aromatic nitrogens is 1. The number of alkyl halides is 3. The summed E-state index contributed by atoms with van der Waals surface area (Å²) in [6.45, 7) is 2.16. The van der Waals surface area contributed by atoms with Gasteiger partial charge in [-0.3, -0.25) is 9.78 Å². The van der Waals surface area contributed by atoms with Gasteiger partial charge in [-0.25, -0.2) is 13.2 Å². The molecule has 1 aromatic rings. The maximum atomic E-state index is 12.8. The third-order valence-corrected chi connectivity index (χ3v) is 7.19. The number of ether oxygens (including phenoxy) is 1. The Morgan fingerprint density at radius 1 is 1.19 bits per heavy atom. The number of hydrogen-bond donors (Lipinski definition) is 1. The van der Waals surface area contributed by atoms with E-state index in [0.29, 0.717) is 13.0 Å². The predicted octanol–water partition coefficient (Wildman–Crippen LogP) is 1.12. The van der Waals surface area contributed by atoms with Crippen molar-refractivity contribution >= 4 is 21.9 Å². The number of carbonyl (C=O) groups is 2. The minimum Gasteiger partial charge on any atom is -0.475 e. The Balaban J connectivity index is 0.000000339. The van der Waals surface area contributed by atoms with Crippen LogP contribution in [-0.4, -0.2) is 84.2 Å². The fourth-order valence-corrected chi connectivity index (χ4v) is 5.35. The number of morpholine rings is 1. The van der Waals surface area contributed by atoms with Crippen LogP contribution in [0, 0.1) is 5.92 Å². The Labute approximate surface area is 176 Å². The Bertz CT molecular complexity index is 906. The summed E-state index contributed by atoms with van der Waals surface area (Å²) >= 11 is 0. The number of carboxylic acid groups (broad SMARTS) is 1. The largest absolute Gasteiger partial charge is 0.490 e. The molecule has 9 nitrogen and oxygen atoms in total. The Morgan fingerprint density at radius 3 is 2.39 bits per heavy atom. The lowest BCUT2D eigenvalue weighted by Gasteiger charge is -2.32. The van der Waals surface area contributed by atoms with Gasteiger partial charge in [0.15, 0.2) is 0 Å². The van der Waals surface area contributed by atoms with E-state index in [0.717, 1.165) is 25.9 Å². The van der Waals surface area contributed by atoms with Gasteiger partial charge in [-0.05, 0) is 31.4 Å². The number of nitrogens with zero attached hydrogens (tertiary/aromatic N) is 3. The topological polar surface area (TPSA) is 117 Å². The highest BCUT2D eigenvalue weighted by molar-refractivity contribution is 7.89. The van der Waals surface area contributed by atoms with Crippen LogP contribution in [0.4, 0.5) is 13.2 Å². The summed E-state index contributed by atoms with van der Waals surface area (Å²) in [7, 11) is -3.59. The third kappa shape index (κ3) is 5.33. The first-order valence-corrected chi connectivity index (χ1v) is 11.1. The van der Waals surface area contributed by atoms with E-state index in [4.69, 9.17) is 14.6 Å². The lowest BCUT2D eigenvalue weighted by Crippen LogP contribution is -2.48. The van der Waals surface area contributed by atoms with Crippen LogP contribution in [-0.2, 0) is 24.3 Å². The van der Waals surface area contributed by atoms with Gasteiger partial charge in [0.2, 0.25) is 15.9 Å². The summed E-state index contributed by atoms with van der Waals surface area (Å²) in [4.78, 5) is 27.6. The second-order valence-electron chi connectivity index (χ2n) is 7.48. The molecule has 3 atom stereocenters. The smallest absolute Gasteiger partial charge is 0.475 e. The van der Waals surface area contributed by atoms with Crippen LogP contribution in [0.2, 0.25) is 0 Å². The summed E-state index contributed by atoms with van der Waals surface area (Å²) in [5.41, 5.74) is 0. The molecular formula is C18H22F3N3O6S. The standard InChI is InChI=1S/C16H21N3O4S.C2HF3O2/c20-16(18-6-1-2-7-18)14-8-12-10-19(11-15(14)23-12)24(21,22)13-4-3-5-17-9-13;3-2(4,5)1(6)7/h3-5,9,12,14-15H,1-2,6-8,10-11H2;(H,6,7)/t12-,14+,15-;/m1./s1. The highest BCUT2D eigenvalue weighted by atomic mass is 32.2.